The maximum Gasteiger partial charge on any atom is 0.278 e. The minimum absolute atomic E-state index is 0.00291. The van der Waals surface area contributed by atoms with Crippen molar-refractivity contribution in [3.05, 3.63) is 63.1 Å². The minimum atomic E-state index is -0.605. The molecule has 2 N–H and O–H groups in total. The molecule has 2 saturated heterocycles. The molecule has 2 unspecified atom stereocenters. The Morgan fingerprint density at radius 3 is 2.64 bits per heavy atom. The average molecular weight is 380 g/mol. The van der Waals surface area contributed by atoms with Gasteiger partial charge < -0.3 is 14.9 Å². The molecule has 2 atom stereocenters. The molecular weight excluding hydrogens is 359 g/mol. The summed E-state index contributed by atoms with van der Waals surface area (Å²) < 4.78 is 15.6. The number of nitrogens with one attached hydrogen (secondary N) is 2. The fourth-order valence-electron chi connectivity index (χ4n) is 4.77. The lowest BCUT2D eigenvalue weighted by Crippen LogP contribution is -2.50. The number of para-hydroxylation sites is 2. The summed E-state index contributed by atoms with van der Waals surface area (Å²) in [6, 6.07) is 9.36. The molecular formula is C21H21FN4O2. The third-order valence-corrected chi connectivity index (χ3v) is 5.97. The van der Waals surface area contributed by atoms with Crippen LogP contribution in [0.25, 0.3) is 22.3 Å². The summed E-state index contributed by atoms with van der Waals surface area (Å²) in [5, 5.41) is 3.65. The molecule has 7 heteroatoms. The van der Waals surface area contributed by atoms with E-state index in [4.69, 9.17) is 0 Å². The molecule has 1 aromatic carbocycles. The van der Waals surface area contributed by atoms with Gasteiger partial charge in [-0.15, -0.1) is 0 Å². The van der Waals surface area contributed by atoms with Crippen LogP contribution in [0, 0.1) is 5.82 Å². The first-order valence-electron chi connectivity index (χ1n) is 9.76. The number of piperidine rings is 2. The van der Waals surface area contributed by atoms with Gasteiger partial charge >= 0.3 is 0 Å². The van der Waals surface area contributed by atoms with Gasteiger partial charge in [0.05, 0.1) is 16.6 Å². The molecule has 0 amide bonds. The Bertz CT molecular complexity index is 1160. The van der Waals surface area contributed by atoms with Crippen LogP contribution in [0.15, 0.2) is 46.1 Å². The Morgan fingerprint density at radius 1 is 1.11 bits per heavy atom. The summed E-state index contributed by atoms with van der Waals surface area (Å²) in [6.45, 7) is 0. The Labute approximate surface area is 160 Å². The summed E-state index contributed by atoms with van der Waals surface area (Å²) in [5.74, 6) is -0.605. The maximum atomic E-state index is 13.8. The standard InChI is InChI=1S/C21H21FN4O2/c22-12-8-16(20(27)23-11-12)19-21(28)26(18-7-2-1-6-17(18)25-19)15-9-13-4-3-5-14(10-15)24-13/h1-2,6-8,11,13-15,24H,3-5,9-10H2,(H,23,27). The van der Waals surface area contributed by atoms with Crippen molar-refractivity contribution in [2.45, 2.75) is 50.2 Å². The van der Waals surface area contributed by atoms with Crippen molar-refractivity contribution < 1.29 is 4.39 Å². The summed E-state index contributed by atoms with van der Waals surface area (Å²) in [5.41, 5.74) is 0.509. The van der Waals surface area contributed by atoms with E-state index in [-0.39, 0.29) is 22.9 Å². The second-order valence-electron chi connectivity index (χ2n) is 7.80. The predicted octanol–water partition coefficient (Wildman–Crippen LogP) is 2.74. The lowest BCUT2D eigenvalue weighted by atomic mass is 9.84. The van der Waals surface area contributed by atoms with E-state index in [1.165, 1.54) is 6.42 Å². The second kappa shape index (κ2) is 6.67. The normalized spacial score (nSPS) is 24.4. The van der Waals surface area contributed by atoms with Crippen molar-refractivity contribution >= 4 is 11.0 Å². The van der Waals surface area contributed by atoms with E-state index in [0.29, 0.717) is 17.6 Å². The molecule has 4 heterocycles. The molecule has 0 radical (unpaired) electrons. The zero-order valence-corrected chi connectivity index (χ0v) is 15.3. The Morgan fingerprint density at radius 2 is 1.86 bits per heavy atom. The fourth-order valence-corrected chi connectivity index (χ4v) is 4.77. The highest BCUT2D eigenvalue weighted by Crippen LogP contribution is 2.33. The van der Waals surface area contributed by atoms with Gasteiger partial charge in [-0.1, -0.05) is 18.6 Å². The number of fused-ring (bicyclic) bond motifs is 3. The van der Waals surface area contributed by atoms with Crippen molar-refractivity contribution in [3.8, 4) is 11.3 Å². The minimum Gasteiger partial charge on any atom is -0.326 e. The van der Waals surface area contributed by atoms with E-state index in [2.05, 4.69) is 15.3 Å². The van der Waals surface area contributed by atoms with Gasteiger partial charge in [-0.05, 0) is 43.9 Å². The van der Waals surface area contributed by atoms with Crippen molar-refractivity contribution in [1.82, 2.24) is 19.9 Å². The molecule has 0 spiro atoms. The Balaban J connectivity index is 1.74. The van der Waals surface area contributed by atoms with E-state index in [9.17, 15) is 14.0 Å². The highest BCUT2D eigenvalue weighted by Gasteiger charge is 2.33. The lowest BCUT2D eigenvalue weighted by Gasteiger charge is -2.41. The second-order valence-corrected chi connectivity index (χ2v) is 7.80. The molecule has 0 aliphatic carbocycles. The smallest absolute Gasteiger partial charge is 0.278 e. The van der Waals surface area contributed by atoms with Gasteiger partial charge in [-0.25, -0.2) is 9.37 Å². The molecule has 2 aliphatic rings. The molecule has 0 saturated carbocycles. The Kier molecular flexibility index (Phi) is 4.12. The molecule has 2 fully saturated rings. The topological polar surface area (TPSA) is 79.8 Å². The first-order chi connectivity index (χ1) is 13.6. The number of rotatable bonds is 2. The van der Waals surface area contributed by atoms with E-state index in [1.54, 1.807) is 4.57 Å². The molecule has 144 valence electrons. The summed E-state index contributed by atoms with van der Waals surface area (Å²) >= 11 is 0. The zero-order valence-electron chi connectivity index (χ0n) is 15.3. The predicted molar refractivity (Wildman–Crippen MR) is 105 cm³/mol. The number of nitrogens with zero attached hydrogens (tertiary/aromatic N) is 2. The van der Waals surface area contributed by atoms with E-state index < -0.39 is 11.4 Å². The van der Waals surface area contributed by atoms with Crippen molar-refractivity contribution in [2.75, 3.05) is 0 Å². The third kappa shape index (κ3) is 2.86. The van der Waals surface area contributed by atoms with Crippen LogP contribution in [-0.4, -0.2) is 26.6 Å². The van der Waals surface area contributed by atoms with Crippen LogP contribution in [-0.2, 0) is 0 Å². The number of hydrogen-bond acceptors (Lipinski definition) is 4. The van der Waals surface area contributed by atoms with Crippen LogP contribution in [0.4, 0.5) is 4.39 Å². The monoisotopic (exact) mass is 380 g/mol. The van der Waals surface area contributed by atoms with Gasteiger partial charge in [0.1, 0.15) is 11.5 Å². The Hall–Kier alpha value is -2.80. The summed E-state index contributed by atoms with van der Waals surface area (Å²) in [4.78, 5) is 32.5. The molecule has 3 aromatic rings. The van der Waals surface area contributed by atoms with Gasteiger partial charge in [0.25, 0.3) is 11.1 Å². The first-order valence-corrected chi connectivity index (χ1v) is 9.76. The lowest BCUT2D eigenvalue weighted by molar-refractivity contribution is 0.189. The van der Waals surface area contributed by atoms with Gasteiger partial charge in [0.15, 0.2) is 0 Å². The highest BCUT2D eigenvalue weighted by atomic mass is 19.1. The van der Waals surface area contributed by atoms with Crippen LogP contribution < -0.4 is 16.4 Å². The number of pyridine rings is 1. The number of hydrogen-bond donors (Lipinski definition) is 2. The molecule has 2 aliphatic heterocycles. The quantitative estimate of drug-likeness (QED) is 0.716. The number of aromatic nitrogens is 3. The molecule has 2 aromatic heterocycles. The maximum absolute atomic E-state index is 13.8. The van der Waals surface area contributed by atoms with Crippen LogP contribution in [0.5, 0.6) is 0 Å². The summed E-state index contributed by atoms with van der Waals surface area (Å²) in [6.07, 6.45) is 6.15. The van der Waals surface area contributed by atoms with Crippen molar-refractivity contribution in [3.63, 3.8) is 0 Å². The van der Waals surface area contributed by atoms with E-state index in [1.807, 2.05) is 24.3 Å². The molecule has 6 nitrogen and oxygen atoms in total. The molecule has 28 heavy (non-hydrogen) atoms. The SMILES string of the molecule is O=c1[nH]cc(F)cc1-c1nc2ccccc2n(C2CC3CCCC(C2)N3)c1=O. The van der Waals surface area contributed by atoms with E-state index >= 15 is 0 Å². The highest BCUT2D eigenvalue weighted by molar-refractivity contribution is 5.77. The number of benzene rings is 1. The van der Waals surface area contributed by atoms with Gasteiger partial charge in [0, 0.05) is 24.3 Å². The van der Waals surface area contributed by atoms with Crippen LogP contribution in [0.2, 0.25) is 0 Å². The fraction of sp³-hybridized carbons (Fsp3) is 0.381. The average Bonchev–Trinajstić information content (AvgIpc) is 2.69. The van der Waals surface area contributed by atoms with Crippen LogP contribution >= 0.6 is 0 Å². The summed E-state index contributed by atoms with van der Waals surface area (Å²) in [7, 11) is 0. The van der Waals surface area contributed by atoms with Crippen molar-refractivity contribution in [1.29, 1.82) is 0 Å². The van der Waals surface area contributed by atoms with Gasteiger partial charge in [-0.2, -0.15) is 0 Å². The van der Waals surface area contributed by atoms with E-state index in [0.717, 1.165) is 43.5 Å². The van der Waals surface area contributed by atoms with Gasteiger partial charge in [0.2, 0.25) is 0 Å². The van der Waals surface area contributed by atoms with Crippen LogP contribution in [0.3, 0.4) is 0 Å². The number of H-pyrrole nitrogens is 1. The molecule has 5 rings (SSSR count). The number of halogens is 1. The largest absolute Gasteiger partial charge is 0.326 e. The zero-order chi connectivity index (χ0) is 19.3. The third-order valence-electron chi connectivity index (χ3n) is 5.97. The number of aromatic amines is 1. The van der Waals surface area contributed by atoms with Gasteiger partial charge in [-0.3, -0.25) is 9.59 Å². The van der Waals surface area contributed by atoms with Crippen molar-refractivity contribution in [2.24, 2.45) is 0 Å². The molecule has 2 bridgehead atoms. The van der Waals surface area contributed by atoms with Crippen LogP contribution in [0.1, 0.15) is 38.1 Å². The first kappa shape index (κ1) is 17.3.